The maximum Gasteiger partial charge on any atom is 0.0982 e. The van der Waals surface area contributed by atoms with E-state index in [0.29, 0.717) is 6.17 Å². The fourth-order valence-electron chi connectivity index (χ4n) is 2.76. The highest BCUT2D eigenvalue weighted by atomic mass is 15.4. The summed E-state index contributed by atoms with van der Waals surface area (Å²) in [5.41, 5.74) is 3.10. The van der Waals surface area contributed by atoms with Gasteiger partial charge >= 0.3 is 0 Å². The molecule has 0 radical (unpaired) electrons. The van der Waals surface area contributed by atoms with E-state index in [1.54, 1.807) is 5.70 Å². The van der Waals surface area contributed by atoms with Crippen LogP contribution in [-0.4, -0.2) is 29.1 Å². The largest absolute Gasteiger partial charge is 0.354 e. The Hall–Kier alpha value is -0.660. The van der Waals surface area contributed by atoms with E-state index in [1.165, 1.54) is 37.9 Å². The highest BCUT2D eigenvalue weighted by Crippen LogP contribution is 2.31. The van der Waals surface area contributed by atoms with Crippen molar-refractivity contribution in [1.29, 1.82) is 0 Å². The summed E-state index contributed by atoms with van der Waals surface area (Å²) < 4.78 is 0. The minimum Gasteiger partial charge on any atom is -0.354 e. The van der Waals surface area contributed by atoms with Crippen molar-refractivity contribution in [3.8, 4) is 0 Å². The molecule has 0 saturated heterocycles. The molecular formula is C14H28N2. The first-order valence-corrected chi connectivity index (χ1v) is 6.90. The average Bonchev–Trinajstić information content (AvgIpc) is 2.49. The highest BCUT2D eigenvalue weighted by Gasteiger charge is 2.30. The van der Waals surface area contributed by atoms with Crippen molar-refractivity contribution in [3.63, 3.8) is 0 Å². The maximum atomic E-state index is 2.62. The van der Waals surface area contributed by atoms with Gasteiger partial charge in [0.05, 0.1) is 6.17 Å². The van der Waals surface area contributed by atoms with Gasteiger partial charge in [-0.2, -0.15) is 0 Å². The zero-order chi connectivity index (χ0) is 12.1. The number of hydrogen-bond donors (Lipinski definition) is 0. The Labute approximate surface area is 101 Å². The molecule has 2 heteroatoms. The lowest BCUT2D eigenvalue weighted by Gasteiger charge is -2.31. The van der Waals surface area contributed by atoms with Crippen LogP contribution in [-0.2, 0) is 0 Å². The molecule has 1 aliphatic rings. The SMILES string of the molecule is CCCCN1C(CCC)=C(C)N(CC)C1C. The Morgan fingerprint density at radius 2 is 1.75 bits per heavy atom. The minimum absolute atomic E-state index is 0.568. The lowest BCUT2D eigenvalue weighted by molar-refractivity contribution is 0.156. The molecule has 0 aliphatic carbocycles. The lowest BCUT2D eigenvalue weighted by Crippen LogP contribution is -2.38. The lowest BCUT2D eigenvalue weighted by atomic mass is 10.2. The van der Waals surface area contributed by atoms with Crippen molar-refractivity contribution < 1.29 is 0 Å². The summed E-state index contributed by atoms with van der Waals surface area (Å²) in [6.07, 6.45) is 5.64. The molecule has 0 saturated carbocycles. The Morgan fingerprint density at radius 1 is 1.06 bits per heavy atom. The van der Waals surface area contributed by atoms with Crippen LogP contribution in [0.4, 0.5) is 0 Å². The van der Waals surface area contributed by atoms with E-state index in [2.05, 4.69) is 44.4 Å². The first-order chi connectivity index (χ1) is 7.67. The molecular weight excluding hydrogens is 196 g/mol. The molecule has 0 amide bonds. The number of hydrogen-bond acceptors (Lipinski definition) is 2. The minimum atomic E-state index is 0.568. The highest BCUT2D eigenvalue weighted by molar-refractivity contribution is 5.18. The second-order valence-corrected chi connectivity index (χ2v) is 4.75. The third-order valence-electron chi connectivity index (χ3n) is 3.68. The monoisotopic (exact) mass is 224 g/mol. The van der Waals surface area contributed by atoms with Crippen LogP contribution in [0.3, 0.4) is 0 Å². The third-order valence-corrected chi connectivity index (χ3v) is 3.68. The van der Waals surface area contributed by atoms with E-state index in [0.717, 1.165) is 6.54 Å². The van der Waals surface area contributed by atoms with Gasteiger partial charge in [-0.3, -0.25) is 0 Å². The number of allylic oxidation sites excluding steroid dienone is 2. The summed E-state index contributed by atoms with van der Waals surface area (Å²) in [7, 11) is 0. The summed E-state index contributed by atoms with van der Waals surface area (Å²) >= 11 is 0. The molecule has 1 atom stereocenters. The van der Waals surface area contributed by atoms with Gasteiger partial charge in [0, 0.05) is 24.5 Å². The van der Waals surface area contributed by atoms with Crippen molar-refractivity contribution in [2.24, 2.45) is 0 Å². The van der Waals surface area contributed by atoms with Crippen LogP contribution in [0.25, 0.3) is 0 Å². The molecule has 0 aromatic carbocycles. The van der Waals surface area contributed by atoms with Crippen LogP contribution < -0.4 is 0 Å². The van der Waals surface area contributed by atoms with Crippen LogP contribution in [0.1, 0.15) is 60.3 Å². The standard InChI is InChI=1S/C14H28N2/c1-6-9-11-16-13(5)15(8-3)12(4)14(16)10-7-2/h13H,6-11H2,1-5H3. The summed E-state index contributed by atoms with van der Waals surface area (Å²) in [6, 6.07) is 0. The summed E-state index contributed by atoms with van der Waals surface area (Å²) in [5, 5.41) is 0. The first kappa shape index (κ1) is 13.4. The smallest absolute Gasteiger partial charge is 0.0982 e. The van der Waals surface area contributed by atoms with Crippen molar-refractivity contribution in [2.45, 2.75) is 66.5 Å². The van der Waals surface area contributed by atoms with Gasteiger partial charge in [0.2, 0.25) is 0 Å². The second kappa shape index (κ2) is 6.17. The molecule has 1 rings (SSSR count). The number of nitrogens with zero attached hydrogens (tertiary/aromatic N) is 2. The second-order valence-electron chi connectivity index (χ2n) is 4.75. The Balaban J connectivity index is 2.80. The molecule has 16 heavy (non-hydrogen) atoms. The topological polar surface area (TPSA) is 6.48 Å². The molecule has 0 aromatic rings. The van der Waals surface area contributed by atoms with E-state index in [1.807, 2.05) is 0 Å². The molecule has 0 N–H and O–H groups in total. The predicted octanol–water partition coefficient (Wildman–Crippen LogP) is 3.80. The van der Waals surface area contributed by atoms with Gasteiger partial charge in [-0.05, 0) is 33.6 Å². The molecule has 2 nitrogen and oxygen atoms in total. The van der Waals surface area contributed by atoms with E-state index in [-0.39, 0.29) is 0 Å². The van der Waals surface area contributed by atoms with Gasteiger partial charge in [-0.25, -0.2) is 0 Å². The molecule has 0 bridgehead atoms. The quantitative estimate of drug-likeness (QED) is 0.677. The van der Waals surface area contributed by atoms with Crippen LogP contribution >= 0.6 is 0 Å². The zero-order valence-electron chi connectivity index (χ0n) is 11.7. The summed E-state index contributed by atoms with van der Waals surface area (Å²) in [4.78, 5) is 5.15. The molecule has 1 heterocycles. The van der Waals surface area contributed by atoms with Crippen LogP contribution in [0.5, 0.6) is 0 Å². The molecule has 1 unspecified atom stereocenters. The Kier molecular flexibility index (Phi) is 5.17. The van der Waals surface area contributed by atoms with E-state index < -0.39 is 0 Å². The van der Waals surface area contributed by atoms with Gasteiger partial charge < -0.3 is 9.80 Å². The van der Waals surface area contributed by atoms with Crippen LogP contribution in [0.2, 0.25) is 0 Å². The zero-order valence-corrected chi connectivity index (χ0v) is 11.7. The fraction of sp³-hybridized carbons (Fsp3) is 0.857. The van der Waals surface area contributed by atoms with Gasteiger partial charge in [0.25, 0.3) is 0 Å². The fourth-order valence-corrected chi connectivity index (χ4v) is 2.76. The average molecular weight is 224 g/mol. The van der Waals surface area contributed by atoms with Crippen LogP contribution in [0, 0.1) is 0 Å². The van der Waals surface area contributed by atoms with Crippen molar-refractivity contribution in [1.82, 2.24) is 9.80 Å². The van der Waals surface area contributed by atoms with Gasteiger partial charge in [0.1, 0.15) is 0 Å². The number of unbranched alkanes of at least 4 members (excludes halogenated alkanes) is 1. The molecule has 94 valence electrons. The summed E-state index contributed by atoms with van der Waals surface area (Å²) in [6.45, 7) is 13.8. The van der Waals surface area contributed by atoms with E-state index in [9.17, 15) is 0 Å². The van der Waals surface area contributed by atoms with Crippen molar-refractivity contribution in [2.75, 3.05) is 13.1 Å². The van der Waals surface area contributed by atoms with Gasteiger partial charge in [0.15, 0.2) is 0 Å². The molecule has 0 spiro atoms. The maximum absolute atomic E-state index is 2.62. The molecule has 0 aromatic heterocycles. The number of rotatable bonds is 6. The Morgan fingerprint density at radius 3 is 2.25 bits per heavy atom. The molecule has 0 fully saturated rings. The molecule has 1 aliphatic heterocycles. The van der Waals surface area contributed by atoms with Crippen molar-refractivity contribution >= 4 is 0 Å². The Bertz CT molecular complexity index is 245. The predicted molar refractivity (Wildman–Crippen MR) is 71.1 cm³/mol. The third kappa shape index (κ3) is 2.53. The van der Waals surface area contributed by atoms with E-state index in [4.69, 9.17) is 0 Å². The normalized spacial score (nSPS) is 21.2. The van der Waals surface area contributed by atoms with Gasteiger partial charge in [-0.15, -0.1) is 0 Å². The van der Waals surface area contributed by atoms with Crippen molar-refractivity contribution in [3.05, 3.63) is 11.4 Å². The van der Waals surface area contributed by atoms with Crippen LogP contribution in [0.15, 0.2) is 11.4 Å². The van der Waals surface area contributed by atoms with E-state index >= 15 is 0 Å². The first-order valence-electron chi connectivity index (χ1n) is 6.90. The van der Waals surface area contributed by atoms with Gasteiger partial charge in [-0.1, -0.05) is 26.7 Å². The summed E-state index contributed by atoms with van der Waals surface area (Å²) in [5.74, 6) is 0.